The van der Waals surface area contributed by atoms with Gasteiger partial charge in [-0.15, -0.1) is 0 Å². The number of nitrogens with two attached hydrogens (primary N) is 1. The lowest BCUT2D eigenvalue weighted by Crippen LogP contribution is -2.45. The zero-order chi connectivity index (χ0) is 18.7. The van der Waals surface area contributed by atoms with Gasteiger partial charge in [-0.25, -0.2) is 8.78 Å². The summed E-state index contributed by atoms with van der Waals surface area (Å²) in [5, 5.41) is 9.66. The normalized spacial score (nSPS) is 19.8. The molecular weight excluding hydrogens is 338 g/mol. The maximum atomic E-state index is 14.2. The predicted molar refractivity (Wildman–Crippen MR) is 95.1 cm³/mol. The first-order valence-corrected chi connectivity index (χ1v) is 8.33. The van der Waals surface area contributed by atoms with Gasteiger partial charge in [0.25, 0.3) is 0 Å². The maximum Gasteiger partial charge on any atom is 0.150 e. The van der Waals surface area contributed by atoms with Gasteiger partial charge in [0.1, 0.15) is 24.0 Å². The van der Waals surface area contributed by atoms with Gasteiger partial charge in [-0.2, -0.15) is 0 Å². The van der Waals surface area contributed by atoms with Gasteiger partial charge in [0.2, 0.25) is 0 Å². The molecule has 0 aromatic heterocycles. The van der Waals surface area contributed by atoms with Crippen molar-refractivity contribution in [2.45, 2.75) is 18.2 Å². The molecule has 0 amide bonds. The highest BCUT2D eigenvalue weighted by molar-refractivity contribution is 5.70. The number of nitrogens with zero attached hydrogens (tertiary/aromatic N) is 1. The number of rotatable bonds is 6. The highest BCUT2D eigenvalue weighted by atomic mass is 19.1. The summed E-state index contributed by atoms with van der Waals surface area (Å²) in [5.41, 5.74) is 7.72. The fraction of sp³-hybridized carbons (Fsp3) is 0.250. The third kappa shape index (κ3) is 3.88. The minimum absolute atomic E-state index is 0.206. The highest BCUT2D eigenvalue weighted by Crippen LogP contribution is 2.35. The second-order valence-corrected chi connectivity index (χ2v) is 6.39. The molecule has 0 saturated heterocycles. The smallest absolute Gasteiger partial charge is 0.150 e. The van der Waals surface area contributed by atoms with Crippen LogP contribution in [0.15, 0.2) is 54.6 Å². The van der Waals surface area contributed by atoms with E-state index in [4.69, 9.17) is 5.73 Å². The summed E-state index contributed by atoms with van der Waals surface area (Å²) in [6.07, 6.45) is 0.993. The number of hydrogen-bond donors (Lipinski definition) is 2. The van der Waals surface area contributed by atoms with Crippen molar-refractivity contribution in [2.75, 3.05) is 13.1 Å². The van der Waals surface area contributed by atoms with Crippen LogP contribution in [-0.2, 0) is 4.79 Å². The van der Waals surface area contributed by atoms with Gasteiger partial charge < -0.3 is 15.6 Å². The molecule has 6 heteroatoms. The highest BCUT2D eigenvalue weighted by Gasteiger charge is 2.30. The number of hydrogen-bond acceptors (Lipinski definition) is 4. The van der Waals surface area contributed by atoms with E-state index < -0.39 is 23.8 Å². The van der Waals surface area contributed by atoms with Crippen LogP contribution in [0.3, 0.4) is 0 Å². The molecule has 2 aromatic rings. The molecule has 0 fully saturated rings. The lowest BCUT2D eigenvalue weighted by Gasteiger charge is -2.28. The number of benzene rings is 2. The van der Waals surface area contributed by atoms with Crippen LogP contribution in [0.4, 0.5) is 8.78 Å². The minimum atomic E-state index is -1.28. The van der Waals surface area contributed by atoms with Crippen LogP contribution in [0.2, 0.25) is 0 Å². The quantitative estimate of drug-likeness (QED) is 0.778. The van der Waals surface area contributed by atoms with E-state index in [-0.39, 0.29) is 18.2 Å². The summed E-state index contributed by atoms with van der Waals surface area (Å²) in [4.78, 5) is 12.7. The first kappa shape index (κ1) is 18.4. The van der Waals surface area contributed by atoms with Gasteiger partial charge in [0.15, 0.2) is 0 Å². The van der Waals surface area contributed by atoms with Gasteiger partial charge in [-0.05, 0) is 29.3 Å². The molecular formula is C20H20F2N2O2. The van der Waals surface area contributed by atoms with E-state index in [1.54, 1.807) is 0 Å². The lowest BCUT2D eigenvalue weighted by molar-refractivity contribution is -0.115. The number of aliphatic hydroxyl groups excluding tert-OH is 1. The van der Waals surface area contributed by atoms with Crippen LogP contribution in [0.5, 0.6) is 0 Å². The van der Waals surface area contributed by atoms with Crippen LogP contribution in [0.25, 0.3) is 5.57 Å². The lowest BCUT2D eigenvalue weighted by atomic mass is 10.0. The summed E-state index contributed by atoms with van der Waals surface area (Å²) in [7, 11) is 0. The van der Waals surface area contributed by atoms with Crippen molar-refractivity contribution in [3.8, 4) is 0 Å². The Labute approximate surface area is 150 Å². The fourth-order valence-corrected chi connectivity index (χ4v) is 3.20. The van der Waals surface area contributed by atoms with Crippen molar-refractivity contribution >= 4 is 11.9 Å². The van der Waals surface area contributed by atoms with E-state index in [9.17, 15) is 18.7 Å². The van der Waals surface area contributed by atoms with E-state index in [0.29, 0.717) is 18.4 Å². The molecule has 1 heterocycles. The Hall–Kier alpha value is -2.41. The number of carbonyl (C=O) groups excluding carboxylic acids is 1. The Balaban J connectivity index is 1.93. The molecule has 0 aliphatic carbocycles. The molecule has 1 aliphatic heterocycles. The van der Waals surface area contributed by atoms with Gasteiger partial charge in [-0.3, -0.25) is 4.90 Å². The molecule has 136 valence electrons. The summed E-state index contributed by atoms with van der Waals surface area (Å²) in [6.45, 7) is 0.565. The van der Waals surface area contributed by atoms with E-state index in [1.165, 1.54) is 6.07 Å². The first-order valence-electron chi connectivity index (χ1n) is 8.33. The van der Waals surface area contributed by atoms with Gasteiger partial charge in [0, 0.05) is 18.7 Å². The number of aliphatic hydroxyl groups is 1. The Bertz CT molecular complexity index is 811. The number of carbonyl (C=O) groups is 1. The van der Waals surface area contributed by atoms with E-state index >= 15 is 0 Å². The largest absolute Gasteiger partial charge is 0.384 e. The zero-order valence-corrected chi connectivity index (χ0v) is 14.1. The molecule has 0 saturated carbocycles. The molecule has 26 heavy (non-hydrogen) atoms. The molecule has 0 bridgehead atoms. The zero-order valence-electron chi connectivity index (χ0n) is 14.1. The van der Waals surface area contributed by atoms with Crippen molar-refractivity contribution in [1.29, 1.82) is 0 Å². The molecule has 1 unspecified atom stereocenters. The third-order valence-electron chi connectivity index (χ3n) is 4.56. The van der Waals surface area contributed by atoms with Crippen molar-refractivity contribution < 1.29 is 18.7 Å². The second-order valence-electron chi connectivity index (χ2n) is 6.39. The average molecular weight is 358 g/mol. The Kier molecular flexibility index (Phi) is 5.56. The first-order chi connectivity index (χ1) is 12.5. The van der Waals surface area contributed by atoms with Gasteiger partial charge in [-0.1, -0.05) is 36.4 Å². The molecule has 3 atom stereocenters. The molecule has 2 aromatic carbocycles. The maximum absolute atomic E-state index is 14.2. The molecule has 3 N–H and O–H groups in total. The van der Waals surface area contributed by atoms with Crippen molar-refractivity contribution in [3.05, 3.63) is 77.4 Å². The second kappa shape index (κ2) is 7.86. The number of halogens is 2. The number of aldehydes is 1. The fourth-order valence-electron chi connectivity index (χ4n) is 3.20. The van der Waals surface area contributed by atoms with E-state index in [0.717, 1.165) is 17.7 Å². The SMILES string of the molecule is N[C@@H](CN1CC(c2cc(F)ccc2F)=CC1c1ccccc1)[C@@H](O)C=O. The molecule has 4 nitrogen and oxygen atoms in total. The van der Waals surface area contributed by atoms with E-state index in [1.807, 2.05) is 41.3 Å². The van der Waals surface area contributed by atoms with E-state index in [2.05, 4.69) is 0 Å². The van der Waals surface area contributed by atoms with Crippen LogP contribution in [0, 0.1) is 11.6 Å². The van der Waals surface area contributed by atoms with Crippen molar-refractivity contribution in [3.63, 3.8) is 0 Å². The minimum Gasteiger partial charge on any atom is -0.384 e. The van der Waals surface area contributed by atoms with Crippen LogP contribution < -0.4 is 5.73 Å². The summed E-state index contributed by atoms with van der Waals surface area (Å²) in [6, 6.07) is 11.9. The molecule has 0 spiro atoms. The third-order valence-corrected chi connectivity index (χ3v) is 4.56. The van der Waals surface area contributed by atoms with Crippen LogP contribution in [-0.4, -0.2) is 41.5 Å². The average Bonchev–Trinajstić information content (AvgIpc) is 3.07. The summed E-state index contributed by atoms with van der Waals surface area (Å²) < 4.78 is 27.8. The van der Waals surface area contributed by atoms with Gasteiger partial charge in [0.05, 0.1) is 12.1 Å². The monoisotopic (exact) mass is 358 g/mol. The summed E-state index contributed by atoms with van der Waals surface area (Å²) in [5.74, 6) is -1.01. The Morgan fingerprint density at radius 3 is 2.65 bits per heavy atom. The Morgan fingerprint density at radius 2 is 1.96 bits per heavy atom. The molecule has 3 rings (SSSR count). The van der Waals surface area contributed by atoms with Crippen LogP contribution in [0.1, 0.15) is 17.2 Å². The Morgan fingerprint density at radius 1 is 1.23 bits per heavy atom. The topological polar surface area (TPSA) is 66.6 Å². The van der Waals surface area contributed by atoms with Crippen molar-refractivity contribution in [1.82, 2.24) is 4.90 Å². The van der Waals surface area contributed by atoms with Crippen molar-refractivity contribution in [2.24, 2.45) is 5.73 Å². The predicted octanol–water partition coefficient (Wildman–Crippen LogP) is 2.29. The standard InChI is InChI=1S/C20H20F2N2O2/c21-15-6-7-17(22)16(9-15)14-8-19(13-4-2-1-3-5-13)24(10-14)11-18(23)20(26)12-25/h1-9,12,18-20,26H,10-11,23H2/t18-,19?,20-/m0/s1. The summed E-state index contributed by atoms with van der Waals surface area (Å²) >= 11 is 0. The molecule has 0 radical (unpaired) electrons. The van der Waals surface area contributed by atoms with Crippen LogP contribution >= 0.6 is 0 Å². The van der Waals surface area contributed by atoms with Gasteiger partial charge >= 0.3 is 0 Å². The molecule has 1 aliphatic rings.